The average molecular weight is 419 g/mol. The van der Waals surface area contributed by atoms with E-state index in [1.165, 1.54) is 17.3 Å². The SMILES string of the molecule is Cc1ccc(CN2CC(C(=O)Nc3ccnc(Sc4ccccn4)c3)CC2=O)cc1. The van der Waals surface area contributed by atoms with Crippen LogP contribution in [0, 0.1) is 12.8 Å². The number of anilines is 1. The molecule has 2 aromatic heterocycles. The summed E-state index contributed by atoms with van der Waals surface area (Å²) in [6, 6.07) is 17.4. The zero-order valence-electron chi connectivity index (χ0n) is 16.6. The van der Waals surface area contributed by atoms with Gasteiger partial charge in [-0.15, -0.1) is 0 Å². The van der Waals surface area contributed by atoms with Crippen molar-refractivity contribution in [2.75, 3.05) is 11.9 Å². The molecule has 0 spiro atoms. The van der Waals surface area contributed by atoms with Gasteiger partial charge in [0.15, 0.2) is 0 Å². The normalized spacial score (nSPS) is 16.0. The van der Waals surface area contributed by atoms with Gasteiger partial charge in [0.05, 0.1) is 5.92 Å². The Labute approximate surface area is 179 Å². The molecule has 152 valence electrons. The predicted molar refractivity (Wildman–Crippen MR) is 116 cm³/mol. The molecule has 3 heterocycles. The van der Waals surface area contributed by atoms with E-state index >= 15 is 0 Å². The van der Waals surface area contributed by atoms with E-state index in [0.29, 0.717) is 18.8 Å². The minimum atomic E-state index is -0.358. The Morgan fingerprint density at radius 2 is 1.90 bits per heavy atom. The topological polar surface area (TPSA) is 75.2 Å². The van der Waals surface area contributed by atoms with Gasteiger partial charge in [0.2, 0.25) is 11.8 Å². The molecule has 1 aromatic carbocycles. The third-order valence-electron chi connectivity index (χ3n) is 4.93. The fourth-order valence-corrected chi connectivity index (χ4v) is 4.09. The molecule has 1 saturated heterocycles. The lowest BCUT2D eigenvalue weighted by molar-refractivity contribution is -0.128. The second-order valence-corrected chi connectivity index (χ2v) is 8.34. The summed E-state index contributed by atoms with van der Waals surface area (Å²) in [5.41, 5.74) is 2.92. The van der Waals surface area contributed by atoms with Gasteiger partial charge in [0.1, 0.15) is 10.1 Å². The highest BCUT2D eigenvalue weighted by Crippen LogP contribution is 2.27. The van der Waals surface area contributed by atoms with Gasteiger partial charge < -0.3 is 10.2 Å². The van der Waals surface area contributed by atoms with Crippen LogP contribution in [-0.2, 0) is 16.1 Å². The van der Waals surface area contributed by atoms with Crippen molar-refractivity contribution in [3.8, 4) is 0 Å². The monoisotopic (exact) mass is 418 g/mol. The molecular formula is C23H22N4O2S. The number of carbonyl (C=O) groups excluding carboxylic acids is 2. The van der Waals surface area contributed by atoms with Gasteiger partial charge in [-0.2, -0.15) is 0 Å². The highest BCUT2D eigenvalue weighted by Gasteiger charge is 2.34. The number of amides is 2. The van der Waals surface area contributed by atoms with Crippen molar-refractivity contribution in [3.05, 3.63) is 78.1 Å². The first kappa shape index (κ1) is 20.1. The summed E-state index contributed by atoms with van der Waals surface area (Å²) in [5, 5.41) is 4.51. The van der Waals surface area contributed by atoms with Crippen LogP contribution in [0.5, 0.6) is 0 Å². The van der Waals surface area contributed by atoms with E-state index < -0.39 is 0 Å². The number of rotatable bonds is 6. The molecule has 0 saturated carbocycles. The van der Waals surface area contributed by atoms with E-state index in [-0.39, 0.29) is 24.2 Å². The lowest BCUT2D eigenvalue weighted by Crippen LogP contribution is -2.28. The van der Waals surface area contributed by atoms with E-state index in [2.05, 4.69) is 15.3 Å². The number of benzene rings is 1. The molecule has 1 unspecified atom stereocenters. The number of aromatic nitrogens is 2. The quantitative estimate of drug-likeness (QED) is 0.657. The molecule has 0 radical (unpaired) electrons. The highest BCUT2D eigenvalue weighted by molar-refractivity contribution is 7.99. The van der Waals surface area contributed by atoms with Crippen LogP contribution >= 0.6 is 11.8 Å². The summed E-state index contributed by atoms with van der Waals surface area (Å²) < 4.78 is 0. The number of aryl methyl sites for hydroxylation is 1. The van der Waals surface area contributed by atoms with E-state index in [1.807, 2.05) is 55.5 Å². The van der Waals surface area contributed by atoms with Crippen molar-refractivity contribution in [2.45, 2.75) is 29.9 Å². The van der Waals surface area contributed by atoms with E-state index in [4.69, 9.17) is 0 Å². The van der Waals surface area contributed by atoms with Gasteiger partial charge in [-0.25, -0.2) is 9.97 Å². The van der Waals surface area contributed by atoms with Gasteiger partial charge >= 0.3 is 0 Å². The van der Waals surface area contributed by atoms with Gasteiger partial charge in [-0.3, -0.25) is 9.59 Å². The third-order valence-corrected chi connectivity index (χ3v) is 5.81. The van der Waals surface area contributed by atoms with Crippen LogP contribution in [0.4, 0.5) is 5.69 Å². The summed E-state index contributed by atoms with van der Waals surface area (Å²) in [6.07, 6.45) is 3.62. The minimum Gasteiger partial charge on any atom is -0.338 e. The molecule has 1 atom stereocenters. The first-order chi connectivity index (χ1) is 14.6. The smallest absolute Gasteiger partial charge is 0.229 e. The summed E-state index contributed by atoms with van der Waals surface area (Å²) in [6.45, 7) is 2.99. The Hall–Kier alpha value is -3.19. The van der Waals surface area contributed by atoms with Crippen molar-refractivity contribution in [2.24, 2.45) is 5.92 Å². The number of hydrogen-bond acceptors (Lipinski definition) is 5. The summed E-state index contributed by atoms with van der Waals surface area (Å²) in [4.78, 5) is 35.5. The first-order valence-corrected chi connectivity index (χ1v) is 10.6. The predicted octanol–water partition coefficient (Wildman–Crippen LogP) is 3.92. The van der Waals surface area contributed by atoms with Crippen molar-refractivity contribution >= 4 is 29.3 Å². The Kier molecular flexibility index (Phi) is 6.09. The van der Waals surface area contributed by atoms with Crippen molar-refractivity contribution < 1.29 is 9.59 Å². The number of hydrogen-bond donors (Lipinski definition) is 1. The Bertz CT molecular complexity index is 1040. The molecule has 1 fully saturated rings. The highest BCUT2D eigenvalue weighted by atomic mass is 32.2. The van der Waals surface area contributed by atoms with Crippen molar-refractivity contribution in [3.63, 3.8) is 0 Å². The van der Waals surface area contributed by atoms with Crippen molar-refractivity contribution in [1.82, 2.24) is 14.9 Å². The molecule has 1 aliphatic rings. The molecule has 0 aliphatic carbocycles. The molecule has 4 rings (SSSR count). The fourth-order valence-electron chi connectivity index (χ4n) is 3.32. The number of pyridine rings is 2. The summed E-state index contributed by atoms with van der Waals surface area (Å²) in [7, 11) is 0. The molecule has 2 amide bonds. The number of likely N-dealkylation sites (tertiary alicyclic amines) is 1. The fraction of sp³-hybridized carbons (Fsp3) is 0.217. The van der Waals surface area contributed by atoms with Crippen molar-refractivity contribution in [1.29, 1.82) is 0 Å². The van der Waals surface area contributed by atoms with Crippen LogP contribution in [0.1, 0.15) is 17.5 Å². The summed E-state index contributed by atoms with van der Waals surface area (Å²) in [5.74, 6) is -0.491. The molecule has 1 aliphatic heterocycles. The number of carbonyl (C=O) groups is 2. The first-order valence-electron chi connectivity index (χ1n) is 9.76. The zero-order valence-corrected chi connectivity index (χ0v) is 17.4. The zero-order chi connectivity index (χ0) is 20.9. The Balaban J connectivity index is 1.36. The maximum atomic E-state index is 12.7. The van der Waals surface area contributed by atoms with Crippen LogP contribution in [0.2, 0.25) is 0 Å². The lowest BCUT2D eigenvalue weighted by atomic mass is 10.1. The molecule has 0 bridgehead atoms. The minimum absolute atomic E-state index is 0.0110. The number of nitrogens with zero attached hydrogens (tertiary/aromatic N) is 3. The van der Waals surface area contributed by atoms with Gasteiger partial charge in [0.25, 0.3) is 0 Å². The van der Waals surface area contributed by atoms with E-state index in [1.54, 1.807) is 23.4 Å². The second kappa shape index (κ2) is 9.09. The number of nitrogens with one attached hydrogen (secondary N) is 1. The summed E-state index contributed by atoms with van der Waals surface area (Å²) >= 11 is 1.43. The maximum absolute atomic E-state index is 12.7. The third kappa shape index (κ3) is 5.04. The van der Waals surface area contributed by atoms with Gasteiger partial charge in [0, 0.05) is 37.6 Å². The van der Waals surface area contributed by atoms with E-state index in [9.17, 15) is 9.59 Å². The molecule has 30 heavy (non-hydrogen) atoms. The standard InChI is InChI=1S/C23H22N4O2S/c1-16-5-7-17(8-6-16)14-27-15-18(12-22(27)28)23(29)26-19-9-11-25-21(13-19)30-20-4-2-3-10-24-20/h2-11,13,18H,12,14-15H2,1H3,(H,25,26,29). The van der Waals surface area contributed by atoms with Crippen LogP contribution in [0.15, 0.2) is 77.0 Å². The Morgan fingerprint density at radius 3 is 2.67 bits per heavy atom. The average Bonchev–Trinajstić information content (AvgIpc) is 3.11. The lowest BCUT2D eigenvalue weighted by Gasteiger charge is -2.17. The van der Waals surface area contributed by atoms with Gasteiger partial charge in [-0.1, -0.05) is 47.7 Å². The molecule has 1 N–H and O–H groups in total. The second-order valence-electron chi connectivity index (χ2n) is 7.30. The molecule has 3 aromatic rings. The van der Waals surface area contributed by atoms with Crippen LogP contribution in [0.3, 0.4) is 0 Å². The molecule has 6 nitrogen and oxygen atoms in total. The Morgan fingerprint density at radius 1 is 1.10 bits per heavy atom. The van der Waals surface area contributed by atoms with Crippen LogP contribution in [-0.4, -0.2) is 33.2 Å². The largest absolute Gasteiger partial charge is 0.338 e. The molecule has 7 heteroatoms. The van der Waals surface area contributed by atoms with Crippen LogP contribution < -0.4 is 5.32 Å². The van der Waals surface area contributed by atoms with Crippen LogP contribution in [0.25, 0.3) is 0 Å². The maximum Gasteiger partial charge on any atom is 0.229 e. The van der Waals surface area contributed by atoms with E-state index in [0.717, 1.165) is 15.6 Å². The molecular weight excluding hydrogens is 396 g/mol. The van der Waals surface area contributed by atoms with Gasteiger partial charge in [-0.05, 0) is 36.8 Å².